The minimum atomic E-state index is -0.688. The zero-order chi connectivity index (χ0) is 47.6. The van der Waals surface area contributed by atoms with E-state index in [9.17, 15) is 24.0 Å². The highest BCUT2D eigenvalue weighted by molar-refractivity contribution is 5.99. The number of nitrogens with zero attached hydrogens (tertiary/aromatic N) is 4. The van der Waals surface area contributed by atoms with Crippen LogP contribution in [0.4, 0.5) is 0 Å². The molecule has 0 aliphatic carbocycles. The van der Waals surface area contributed by atoms with Gasteiger partial charge in [-0.05, 0) is 71.7 Å². The molecule has 0 atom stereocenters. The summed E-state index contributed by atoms with van der Waals surface area (Å²) in [5.41, 5.74) is 6.46. The molecule has 1 amide bonds. The van der Waals surface area contributed by atoms with E-state index in [2.05, 4.69) is 20.3 Å². The first-order valence-electron chi connectivity index (χ1n) is 22.3. The lowest BCUT2D eigenvalue weighted by Gasteiger charge is -2.43. The van der Waals surface area contributed by atoms with E-state index < -0.39 is 23.5 Å². The number of carbonyl (C=O) groups excluding carboxylic acids is 5. The van der Waals surface area contributed by atoms with E-state index in [0.29, 0.717) is 77.2 Å². The highest BCUT2D eigenvalue weighted by Gasteiger charge is 2.44. The lowest BCUT2D eigenvalue weighted by molar-refractivity contribution is -0.0528. The normalized spacial score (nSPS) is 16.3. The molecule has 0 bridgehead atoms. The molecular formula is C52H50ClN5O11. The summed E-state index contributed by atoms with van der Waals surface area (Å²) < 4.78 is 32.4. The molecule has 1 N–H and O–H groups in total. The zero-order valence-electron chi connectivity index (χ0n) is 38.5. The van der Waals surface area contributed by atoms with Gasteiger partial charge in [0.05, 0.1) is 50.7 Å². The number of halogens is 1. The SMILES string of the molecule is COC(=O)c1cncc(-c2ccc3c(c2)C(=O)OC2(CCN(C(=O)c4cc(OC)c5cccc(OC)c5n4)CC2)C3)c1.COC(=O)c1cncc(-c2ccc3c(c2)C(=O)OC2(CCNCC2)C3)c1.Cl. The summed E-state index contributed by atoms with van der Waals surface area (Å²) in [6.07, 6.45) is 10.2. The molecule has 16 nitrogen and oxygen atoms in total. The quantitative estimate of drug-likeness (QED) is 0.124. The second-order valence-corrected chi connectivity index (χ2v) is 17.3. The number of likely N-dealkylation sites (tertiary alicyclic amines) is 1. The van der Waals surface area contributed by atoms with Gasteiger partial charge in [-0.3, -0.25) is 14.8 Å². The van der Waals surface area contributed by atoms with Gasteiger partial charge in [0, 0.05) is 99.0 Å². The first-order chi connectivity index (χ1) is 32.9. The average molecular weight is 956 g/mol. The van der Waals surface area contributed by atoms with Crippen LogP contribution in [0.5, 0.6) is 11.5 Å². The second kappa shape index (κ2) is 20.0. The molecule has 0 radical (unpaired) electrons. The summed E-state index contributed by atoms with van der Waals surface area (Å²) in [6, 6.07) is 21.9. The summed E-state index contributed by atoms with van der Waals surface area (Å²) in [6.45, 7) is 2.57. The number of nitrogens with one attached hydrogen (secondary N) is 1. The summed E-state index contributed by atoms with van der Waals surface area (Å²) >= 11 is 0. The van der Waals surface area contributed by atoms with Gasteiger partial charge in [-0.1, -0.05) is 30.3 Å². The summed E-state index contributed by atoms with van der Waals surface area (Å²) in [7, 11) is 5.77. The van der Waals surface area contributed by atoms with Crippen molar-refractivity contribution < 1.29 is 52.4 Å². The molecule has 3 aromatic heterocycles. The molecule has 10 rings (SSSR count). The molecule has 7 heterocycles. The van der Waals surface area contributed by atoms with E-state index in [1.165, 1.54) is 26.6 Å². The average Bonchev–Trinajstić information content (AvgIpc) is 3.38. The van der Waals surface area contributed by atoms with Crippen LogP contribution in [0.1, 0.15) is 88.7 Å². The Bertz CT molecular complexity index is 2980. The van der Waals surface area contributed by atoms with Gasteiger partial charge in [-0.15, -0.1) is 12.4 Å². The molecule has 3 aromatic carbocycles. The number of para-hydroxylation sites is 1. The molecule has 2 fully saturated rings. The maximum absolute atomic E-state index is 13.5. The number of carbonyl (C=O) groups is 5. The Morgan fingerprint density at radius 1 is 0.623 bits per heavy atom. The van der Waals surface area contributed by atoms with E-state index in [1.807, 2.05) is 42.5 Å². The van der Waals surface area contributed by atoms with Gasteiger partial charge >= 0.3 is 23.9 Å². The first-order valence-corrected chi connectivity index (χ1v) is 22.3. The Morgan fingerprint density at radius 3 is 1.65 bits per heavy atom. The third-order valence-electron chi connectivity index (χ3n) is 13.2. The number of pyridine rings is 3. The highest BCUT2D eigenvalue weighted by Crippen LogP contribution is 2.40. The monoisotopic (exact) mass is 955 g/mol. The van der Waals surface area contributed by atoms with Crippen LogP contribution in [-0.2, 0) is 31.8 Å². The van der Waals surface area contributed by atoms with Gasteiger partial charge < -0.3 is 38.6 Å². The molecule has 4 aliphatic rings. The highest BCUT2D eigenvalue weighted by atomic mass is 35.5. The Labute approximate surface area is 404 Å². The molecule has 0 unspecified atom stereocenters. The van der Waals surface area contributed by atoms with E-state index in [-0.39, 0.29) is 35.6 Å². The van der Waals surface area contributed by atoms with Gasteiger partial charge in [0.25, 0.3) is 5.91 Å². The van der Waals surface area contributed by atoms with Crippen molar-refractivity contribution in [3.05, 3.63) is 137 Å². The van der Waals surface area contributed by atoms with Crippen LogP contribution in [0.3, 0.4) is 0 Å². The maximum atomic E-state index is 13.5. The predicted molar refractivity (Wildman–Crippen MR) is 255 cm³/mol. The van der Waals surface area contributed by atoms with Crippen molar-refractivity contribution in [1.82, 2.24) is 25.2 Å². The number of hydrogen-bond donors (Lipinski definition) is 1. The Balaban J connectivity index is 0.000000204. The molecular weight excluding hydrogens is 906 g/mol. The molecule has 2 saturated heterocycles. The third-order valence-corrected chi connectivity index (χ3v) is 13.2. The number of piperidine rings is 2. The number of methoxy groups -OCH3 is 4. The van der Waals surface area contributed by atoms with Crippen molar-refractivity contribution in [2.45, 2.75) is 49.7 Å². The third kappa shape index (κ3) is 9.67. The Kier molecular flexibility index (Phi) is 14.0. The maximum Gasteiger partial charge on any atom is 0.339 e. The van der Waals surface area contributed by atoms with Gasteiger partial charge in [-0.25, -0.2) is 24.2 Å². The molecule has 2 spiro atoms. The lowest BCUT2D eigenvalue weighted by atomic mass is 9.81. The Hall–Kier alpha value is -7.43. The van der Waals surface area contributed by atoms with Crippen molar-refractivity contribution >= 4 is 53.1 Å². The van der Waals surface area contributed by atoms with E-state index >= 15 is 0 Å². The first kappa shape index (κ1) is 48.0. The van der Waals surface area contributed by atoms with Gasteiger partial charge in [-0.2, -0.15) is 0 Å². The number of amides is 1. The van der Waals surface area contributed by atoms with Gasteiger partial charge in [0.15, 0.2) is 0 Å². The van der Waals surface area contributed by atoms with Gasteiger partial charge in [0.1, 0.15) is 33.9 Å². The minimum absolute atomic E-state index is 0. The summed E-state index contributed by atoms with van der Waals surface area (Å²) in [5.74, 6) is -0.712. The number of ether oxygens (including phenoxy) is 6. The standard InChI is InChI=1S/C32H29N3O7.C20H20N2O4.ClH/c1-39-26-6-4-5-23-27(40-2)15-25(34-28(23)26)29(36)35-11-9-32(10-12-35)16-20-8-7-19(14-24(20)31(38)42-32)21-13-22(18-33-17-21)30(37)41-3;1-25-18(23)16-8-15(11-22-12-16)13-2-3-14-10-20(4-6-21-7-5-20)26-19(24)17(14)9-13;/h4-8,13-15,17-18H,9-12,16H2,1-3H3;2-3,8-9,11-12,21H,4-7,10H2,1H3;1H. The predicted octanol–water partition coefficient (Wildman–Crippen LogP) is 7.28. The number of benzene rings is 3. The van der Waals surface area contributed by atoms with Crippen molar-refractivity contribution in [3.63, 3.8) is 0 Å². The smallest absolute Gasteiger partial charge is 0.339 e. The van der Waals surface area contributed by atoms with Crippen LogP contribution >= 0.6 is 12.4 Å². The fraction of sp³-hybridized carbons (Fsp3) is 0.308. The van der Waals surface area contributed by atoms with Crippen molar-refractivity contribution in [3.8, 4) is 33.8 Å². The van der Waals surface area contributed by atoms with Crippen LogP contribution in [0.15, 0.2) is 97.6 Å². The number of hydrogen-bond acceptors (Lipinski definition) is 15. The summed E-state index contributed by atoms with van der Waals surface area (Å²) in [5, 5.41) is 4.07. The van der Waals surface area contributed by atoms with E-state index in [1.54, 1.807) is 61.8 Å². The molecule has 6 aromatic rings. The number of rotatable bonds is 7. The lowest BCUT2D eigenvalue weighted by Crippen LogP contribution is -2.52. The molecule has 356 valence electrons. The van der Waals surface area contributed by atoms with Crippen LogP contribution in [-0.4, -0.2) is 115 Å². The van der Waals surface area contributed by atoms with Crippen LogP contribution < -0.4 is 14.8 Å². The second-order valence-electron chi connectivity index (χ2n) is 17.3. The van der Waals surface area contributed by atoms with Crippen LogP contribution in [0, 0.1) is 0 Å². The van der Waals surface area contributed by atoms with Gasteiger partial charge in [0.2, 0.25) is 0 Å². The number of fused-ring (bicyclic) bond motifs is 3. The molecule has 69 heavy (non-hydrogen) atoms. The molecule has 4 aliphatic heterocycles. The topological polar surface area (TPSA) is 195 Å². The van der Waals surface area contributed by atoms with Crippen LogP contribution in [0.25, 0.3) is 33.2 Å². The van der Waals surface area contributed by atoms with Crippen molar-refractivity contribution in [1.29, 1.82) is 0 Å². The van der Waals surface area contributed by atoms with Crippen LogP contribution in [0.2, 0.25) is 0 Å². The van der Waals surface area contributed by atoms with E-state index in [4.69, 9.17) is 28.4 Å². The minimum Gasteiger partial charge on any atom is -0.496 e. The Morgan fingerprint density at radius 2 is 1.14 bits per heavy atom. The molecule has 17 heteroatoms. The largest absolute Gasteiger partial charge is 0.496 e. The fourth-order valence-corrected chi connectivity index (χ4v) is 9.48. The van der Waals surface area contributed by atoms with E-state index in [0.717, 1.165) is 65.6 Å². The van der Waals surface area contributed by atoms with Crippen molar-refractivity contribution in [2.24, 2.45) is 0 Å². The zero-order valence-corrected chi connectivity index (χ0v) is 39.3. The number of aromatic nitrogens is 3. The summed E-state index contributed by atoms with van der Waals surface area (Å²) in [4.78, 5) is 77.6. The van der Waals surface area contributed by atoms with Crippen molar-refractivity contribution in [2.75, 3.05) is 54.6 Å². The molecule has 0 saturated carbocycles. The fourth-order valence-electron chi connectivity index (χ4n) is 9.48. The number of esters is 4.